The molecule has 0 unspecified atom stereocenters. The highest BCUT2D eigenvalue weighted by atomic mass is 16.5. The SMILES string of the molecule is COc1cc(OC)c2c(-c3ccc(O)c(O)c3)cc(=O)oc2c1O. The van der Waals surface area contributed by atoms with Crippen LogP contribution in [0.5, 0.6) is 28.7 Å². The lowest BCUT2D eigenvalue weighted by atomic mass is 10.00. The molecule has 3 aromatic rings. The molecule has 1 heterocycles. The van der Waals surface area contributed by atoms with Gasteiger partial charge < -0.3 is 29.2 Å². The highest BCUT2D eigenvalue weighted by molar-refractivity contribution is 6.01. The number of phenolic OH excluding ortho intramolecular Hbond substituents is 3. The summed E-state index contributed by atoms with van der Waals surface area (Å²) < 4.78 is 15.5. The minimum Gasteiger partial charge on any atom is -0.504 e. The maximum atomic E-state index is 11.9. The molecular weight excluding hydrogens is 316 g/mol. The minimum atomic E-state index is -0.698. The van der Waals surface area contributed by atoms with Crippen LogP contribution in [0.3, 0.4) is 0 Å². The first-order valence-electron chi connectivity index (χ1n) is 6.90. The van der Waals surface area contributed by atoms with Crippen molar-refractivity contribution in [3.63, 3.8) is 0 Å². The van der Waals surface area contributed by atoms with Gasteiger partial charge in [-0.05, 0) is 17.7 Å². The molecule has 0 bridgehead atoms. The van der Waals surface area contributed by atoms with Gasteiger partial charge in [0.15, 0.2) is 22.8 Å². The van der Waals surface area contributed by atoms with Crippen molar-refractivity contribution < 1.29 is 29.2 Å². The summed E-state index contributed by atoms with van der Waals surface area (Å²) in [7, 11) is 2.79. The summed E-state index contributed by atoms with van der Waals surface area (Å²) in [5, 5.41) is 29.8. The molecule has 0 spiro atoms. The van der Waals surface area contributed by atoms with E-state index in [-0.39, 0.29) is 28.6 Å². The van der Waals surface area contributed by atoms with Crippen molar-refractivity contribution in [1.29, 1.82) is 0 Å². The molecule has 7 nitrogen and oxygen atoms in total. The van der Waals surface area contributed by atoms with Crippen LogP contribution in [0.15, 0.2) is 39.5 Å². The first kappa shape index (κ1) is 15.5. The molecule has 0 aliphatic carbocycles. The van der Waals surface area contributed by atoms with Crippen LogP contribution in [0.4, 0.5) is 0 Å². The van der Waals surface area contributed by atoms with E-state index in [0.29, 0.717) is 22.3 Å². The van der Waals surface area contributed by atoms with Crippen LogP contribution in [-0.4, -0.2) is 29.5 Å². The van der Waals surface area contributed by atoms with Crippen molar-refractivity contribution in [3.8, 4) is 39.9 Å². The third-order valence-electron chi connectivity index (χ3n) is 3.64. The summed E-state index contributed by atoms with van der Waals surface area (Å²) >= 11 is 0. The lowest BCUT2D eigenvalue weighted by molar-refractivity contribution is 0.362. The predicted molar refractivity (Wildman–Crippen MR) is 86.0 cm³/mol. The Morgan fingerprint density at radius 2 is 1.62 bits per heavy atom. The average molecular weight is 330 g/mol. The second-order valence-corrected chi connectivity index (χ2v) is 5.02. The lowest BCUT2D eigenvalue weighted by Gasteiger charge is -2.13. The van der Waals surface area contributed by atoms with Crippen LogP contribution in [0.1, 0.15) is 0 Å². The van der Waals surface area contributed by atoms with Crippen LogP contribution in [0, 0.1) is 0 Å². The molecular formula is C17H14O7. The van der Waals surface area contributed by atoms with Gasteiger partial charge in [-0.25, -0.2) is 4.79 Å². The first-order chi connectivity index (χ1) is 11.5. The van der Waals surface area contributed by atoms with E-state index in [4.69, 9.17) is 13.9 Å². The Labute approximate surface area is 135 Å². The molecule has 0 aliphatic heterocycles. The van der Waals surface area contributed by atoms with Gasteiger partial charge in [-0.1, -0.05) is 6.07 Å². The molecule has 3 rings (SSSR count). The third kappa shape index (κ3) is 2.36. The monoisotopic (exact) mass is 330 g/mol. The summed E-state index contributed by atoms with van der Waals surface area (Å²) in [6.07, 6.45) is 0. The predicted octanol–water partition coefficient (Wildman–Crippen LogP) is 2.59. The van der Waals surface area contributed by atoms with Gasteiger partial charge in [0.2, 0.25) is 5.75 Å². The van der Waals surface area contributed by atoms with E-state index in [0.717, 1.165) is 0 Å². The number of phenols is 3. The number of rotatable bonds is 3. The van der Waals surface area contributed by atoms with Gasteiger partial charge >= 0.3 is 5.63 Å². The van der Waals surface area contributed by atoms with E-state index >= 15 is 0 Å². The molecule has 0 fully saturated rings. The van der Waals surface area contributed by atoms with Crippen molar-refractivity contribution in [2.45, 2.75) is 0 Å². The van der Waals surface area contributed by atoms with E-state index in [1.807, 2.05) is 0 Å². The maximum Gasteiger partial charge on any atom is 0.336 e. The lowest BCUT2D eigenvalue weighted by Crippen LogP contribution is -2.00. The summed E-state index contributed by atoms with van der Waals surface area (Å²) in [6.45, 7) is 0. The molecule has 0 saturated carbocycles. The molecule has 124 valence electrons. The molecule has 0 saturated heterocycles. The van der Waals surface area contributed by atoms with Crippen LogP contribution >= 0.6 is 0 Å². The normalized spacial score (nSPS) is 10.8. The fourth-order valence-corrected chi connectivity index (χ4v) is 2.51. The van der Waals surface area contributed by atoms with E-state index in [9.17, 15) is 20.1 Å². The van der Waals surface area contributed by atoms with Crippen molar-refractivity contribution in [2.75, 3.05) is 14.2 Å². The number of hydrogen-bond donors (Lipinski definition) is 3. The standard InChI is InChI=1S/C17H14O7/c1-22-12-7-13(23-2)16(21)17-15(12)9(6-14(20)24-17)8-3-4-10(18)11(19)5-8/h3-7,18-19,21H,1-2H3. The Kier molecular flexibility index (Phi) is 3.69. The summed E-state index contributed by atoms with van der Waals surface area (Å²) in [5.74, 6) is -0.567. The topological polar surface area (TPSA) is 109 Å². The summed E-state index contributed by atoms with van der Waals surface area (Å²) in [5.41, 5.74) is 0.00866. The number of benzene rings is 2. The van der Waals surface area contributed by atoms with E-state index in [2.05, 4.69) is 0 Å². The number of aromatic hydroxyl groups is 3. The second-order valence-electron chi connectivity index (χ2n) is 5.02. The zero-order chi connectivity index (χ0) is 17.4. The van der Waals surface area contributed by atoms with Crippen molar-refractivity contribution in [2.24, 2.45) is 0 Å². The van der Waals surface area contributed by atoms with E-state index in [1.54, 1.807) is 0 Å². The van der Waals surface area contributed by atoms with Crippen LogP contribution in [-0.2, 0) is 0 Å². The smallest absolute Gasteiger partial charge is 0.336 e. The number of hydrogen-bond acceptors (Lipinski definition) is 7. The fraction of sp³-hybridized carbons (Fsp3) is 0.118. The van der Waals surface area contributed by atoms with Crippen LogP contribution < -0.4 is 15.1 Å². The first-order valence-corrected chi connectivity index (χ1v) is 6.90. The second kappa shape index (κ2) is 5.69. The largest absolute Gasteiger partial charge is 0.504 e. The Balaban J connectivity index is 2.46. The molecule has 1 aromatic heterocycles. The maximum absolute atomic E-state index is 11.9. The highest BCUT2D eigenvalue weighted by Crippen LogP contribution is 2.44. The molecule has 24 heavy (non-hydrogen) atoms. The summed E-state index contributed by atoms with van der Waals surface area (Å²) in [4.78, 5) is 11.9. The zero-order valence-corrected chi connectivity index (χ0v) is 12.9. The van der Waals surface area contributed by atoms with E-state index < -0.39 is 5.63 Å². The molecule has 0 atom stereocenters. The number of ether oxygens (including phenoxy) is 2. The number of fused-ring (bicyclic) bond motifs is 1. The van der Waals surface area contributed by atoms with Gasteiger partial charge in [0, 0.05) is 17.7 Å². The van der Waals surface area contributed by atoms with E-state index in [1.165, 1.54) is 44.6 Å². The Morgan fingerprint density at radius 3 is 2.25 bits per heavy atom. The molecule has 7 heteroatoms. The van der Waals surface area contributed by atoms with Gasteiger partial charge in [0.25, 0.3) is 0 Å². The van der Waals surface area contributed by atoms with Gasteiger partial charge in [0.1, 0.15) is 5.75 Å². The van der Waals surface area contributed by atoms with Crippen molar-refractivity contribution in [1.82, 2.24) is 0 Å². The van der Waals surface area contributed by atoms with Crippen molar-refractivity contribution in [3.05, 3.63) is 40.8 Å². The fourth-order valence-electron chi connectivity index (χ4n) is 2.51. The molecule has 3 N–H and O–H groups in total. The van der Waals surface area contributed by atoms with Crippen molar-refractivity contribution >= 4 is 11.0 Å². The summed E-state index contributed by atoms with van der Waals surface area (Å²) in [6, 6.07) is 6.78. The van der Waals surface area contributed by atoms with Gasteiger partial charge in [-0.15, -0.1) is 0 Å². The molecule has 0 amide bonds. The van der Waals surface area contributed by atoms with Crippen LogP contribution in [0.2, 0.25) is 0 Å². The van der Waals surface area contributed by atoms with Gasteiger partial charge in [-0.2, -0.15) is 0 Å². The van der Waals surface area contributed by atoms with Gasteiger partial charge in [-0.3, -0.25) is 0 Å². The molecule has 0 aliphatic rings. The zero-order valence-electron chi connectivity index (χ0n) is 12.9. The van der Waals surface area contributed by atoms with Gasteiger partial charge in [0.05, 0.1) is 19.6 Å². The van der Waals surface area contributed by atoms with Crippen LogP contribution in [0.25, 0.3) is 22.1 Å². The molecule has 2 aromatic carbocycles. The Bertz CT molecular complexity index is 988. The Hall–Kier alpha value is -3.35. The Morgan fingerprint density at radius 1 is 0.917 bits per heavy atom. The minimum absolute atomic E-state index is 0.0909. The quantitative estimate of drug-likeness (QED) is 0.500. The number of methoxy groups -OCH3 is 2. The third-order valence-corrected chi connectivity index (χ3v) is 3.64. The highest BCUT2D eigenvalue weighted by Gasteiger charge is 2.20. The molecule has 0 radical (unpaired) electrons. The average Bonchev–Trinajstić information content (AvgIpc) is 2.57.